The second kappa shape index (κ2) is 4.93. The number of benzene rings is 2. The molecule has 0 aliphatic heterocycles. The minimum absolute atomic E-state index is 0.220. The van der Waals surface area contributed by atoms with Crippen molar-refractivity contribution < 1.29 is 15.0 Å². The molecule has 0 spiro atoms. The molecular formula is C13H10O3S. The zero-order valence-corrected chi connectivity index (χ0v) is 9.65. The molecule has 3 nitrogen and oxygen atoms in total. The highest BCUT2D eigenvalue weighted by atomic mass is 32.2. The molecule has 17 heavy (non-hydrogen) atoms. The smallest absolute Gasteiger partial charge is 0.335 e. The van der Waals surface area contributed by atoms with Crippen LogP contribution in [0.1, 0.15) is 10.4 Å². The van der Waals surface area contributed by atoms with Crippen LogP contribution in [0, 0.1) is 0 Å². The van der Waals surface area contributed by atoms with Crippen molar-refractivity contribution in [3.8, 4) is 5.75 Å². The topological polar surface area (TPSA) is 57.5 Å². The number of carboxylic acid groups (broad SMARTS) is 1. The molecule has 0 radical (unpaired) electrons. The van der Waals surface area contributed by atoms with Crippen LogP contribution in [0.3, 0.4) is 0 Å². The standard InChI is InChI=1S/C13H10O3S/c14-10-2-1-3-12(8-10)17-11-6-4-9(5-7-11)13(15)16/h1-8,14H,(H,15,16). The van der Waals surface area contributed by atoms with Gasteiger partial charge in [0.2, 0.25) is 0 Å². The van der Waals surface area contributed by atoms with E-state index in [2.05, 4.69) is 0 Å². The van der Waals surface area contributed by atoms with Crippen molar-refractivity contribution in [2.45, 2.75) is 9.79 Å². The molecule has 0 aliphatic carbocycles. The summed E-state index contributed by atoms with van der Waals surface area (Å²) in [5.74, 6) is -0.712. The fraction of sp³-hybridized carbons (Fsp3) is 0. The minimum Gasteiger partial charge on any atom is -0.508 e. The largest absolute Gasteiger partial charge is 0.508 e. The van der Waals surface area contributed by atoms with E-state index in [1.165, 1.54) is 11.8 Å². The van der Waals surface area contributed by atoms with Gasteiger partial charge in [-0.15, -0.1) is 0 Å². The molecule has 0 atom stereocenters. The molecule has 0 fully saturated rings. The summed E-state index contributed by atoms with van der Waals surface area (Å²) in [6.45, 7) is 0. The zero-order chi connectivity index (χ0) is 12.3. The van der Waals surface area contributed by atoms with E-state index in [0.717, 1.165) is 9.79 Å². The van der Waals surface area contributed by atoms with Crippen LogP contribution in [0.25, 0.3) is 0 Å². The maximum absolute atomic E-state index is 10.7. The van der Waals surface area contributed by atoms with Crippen LogP contribution in [0.2, 0.25) is 0 Å². The first-order chi connectivity index (χ1) is 8.15. The molecule has 2 aromatic carbocycles. The van der Waals surface area contributed by atoms with Gasteiger partial charge < -0.3 is 10.2 Å². The first-order valence-electron chi connectivity index (χ1n) is 4.95. The van der Waals surface area contributed by atoms with Gasteiger partial charge in [-0.3, -0.25) is 0 Å². The van der Waals surface area contributed by atoms with E-state index >= 15 is 0 Å². The number of phenols is 1. The van der Waals surface area contributed by atoms with E-state index in [9.17, 15) is 9.90 Å². The van der Waals surface area contributed by atoms with Crippen molar-refractivity contribution in [2.75, 3.05) is 0 Å². The Balaban J connectivity index is 2.16. The molecule has 4 heteroatoms. The third-order valence-corrected chi connectivity index (χ3v) is 3.15. The molecule has 0 saturated heterocycles. The first-order valence-corrected chi connectivity index (χ1v) is 5.77. The highest BCUT2D eigenvalue weighted by molar-refractivity contribution is 7.99. The van der Waals surface area contributed by atoms with E-state index < -0.39 is 5.97 Å². The van der Waals surface area contributed by atoms with Crippen molar-refractivity contribution in [1.82, 2.24) is 0 Å². The molecule has 0 heterocycles. The Morgan fingerprint density at radius 1 is 1.00 bits per heavy atom. The molecule has 0 aliphatic rings. The zero-order valence-electron chi connectivity index (χ0n) is 8.83. The molecule has 0 bridgehead atoms. The normalized spacial score (nSPS) is 10.1. The molecule has 2 aromatic rings. The van der Waals surface area contributed by atoms with Crippen LogP contribution in [-0.2, 0) is 0 Å². The third-order valence-electron chi connectivity index (χ3n) is 2.15. The number of carbonyl (C=O) groups is 1. The highest BCUT2D eigenvalue weighted by Crippen LogP contribution is 2.29. The van der Waals surface area contributed by atoms with Gasteiger partial charge in [0.25, 0.3) is 0 Å². The summed E-state index contributed by atoms with van der Waals surface area (Å²) in [7, 11) is 0. The summed E-state index contributed by atoms with van der Waals surface area (Å²) >= 11 is 1.47. The maximum atomic E-state index is 10.7. The molecular weight excluding hydrogens is 236 g/mol. The third kappa shape index (κ3) is 3.01. The number of rotatable bonds is 3. The predicted octanol–water partition coefficient (Wildman–Crippen LogP) is 3.24. The average molecular weight is 246 g/mol. The molecule has 0 amide bonds. The molecule has 2 rings (SSSR count). The second-order valence-electron chi connectivity index (χ2n) is 3.43. The molecule has 86 valence electrons. The predicted molar refractivity (Wildman–Crippen MR) is 65.6 cm³/mol. The Bertz CT molecular complexity index is 535. The summed E-state index contributed by atoms with van der Waals surface area (Å²) in [5.41, 5.74) is 0.269. The van der Waals surface area contributed by atoms with Crippen LogP contribution in [0.4, 0.5) is 0 Å². The van der Waals surface area contributed by atoms with E-state index in [1.54, 1.807) is 42.5 Å². The summed E-state index contributed by atoms with van der Waals surface area (Å²) in [6.07, 6.45) is 0. The summed E-state index contributed by atoms with van der Waals surface area (Å²) < 4.78 is 0. The van der Waals surface area contributed by atoms with Gasteiger partial charge in [0.1, 0.15) is 5.75 Å². The van der Waals surface area contributed by atoms with Gasteiger partial charge in [-0.05, 0) is 42.5 Å². The van der Waals surface area contributed by atoms with Crippen molar-refractivity contribution in [3.63, 3.8) is 0 Å². The van der Waals surface area contributed by atoms with Crippen molar-refractivity contribution in [2.24, 2.45) is 0 Å². The van der Waals surface area contributed by atoms with E-state index in [4.69, 9.17) is 5.11 Å². The SMILES string of the molecule is O=C(O)c1ccc(Sc2cccc(O)c2)cc1. The molecule has 2 N–H and O–H groups in total. The van der Waals surface area contributed by atoms with Gasteiger partial charge in [0, 0.05) is 9.79 Å². The lowest BCUT2D eigenvalue weighted by Crippen LogP contribution is -1.94. The van der Waals surface area contributed by atoms with Crippen LogP contribution in [0.15, 0.2) is 58.3 Å². The van der Waals surface area contributed by atoms with E-state index in [1.807, 2.05) is 6.07 Å². The second-order valence-corrected chi connectivity index (χ2v) is 4.58. The summed E-state index contributed by atoms with van der Waals surface area (Å²) in [6, 6.07) is 13.5. The van der Waals surface area contributed by atoms with Gasteiger partial charge >= 0.3 is 5.97 Å². The van der Waals surface area contributed by atoms with Crippen molar-refractivity contribution >= 4 is 17.7 Å². The van der Waals surface area contributed by atoms with E-state index in [-0.39, 0.29) is 11.3 Å². The van der Waals surface area contributed by atoms with Crippen molar-refractivity contribution in [3.05, 3.63) is 54.1 Å². The Morgan fingerprint density at radius 2 is 1.71 bits per heavy atom. The lowest BCUT2D eigenvalue weighted by molar-refractivity contribution is 0.0697. The first kappa shape index (κ1) is 11.5. The number of hydrogen-bond acceptors (Lipinski definition) is 3. The Labute approximate surface area is 103 Å². The summed E-state index contributed by atoms with van der Waals surface area (Å²) in [4.78, 5) is 12.5. The highest BCUT2D eigenvalue weighted by Gasteiger charge is 2.03. The quantitative estimate of drug-likeness (QED) is 0.872. The molecule has 0 unspecified atom stereocenters. The number of aromatic hydroxyl groups is 1. The number of phenolic OH excluding ortho intramolecular Hbond substituents is 1. The lowest BCUT2D eigenvalue weighted by atomic mass is 10.2. The van der Waals surface area contributed by atoms with Crippen LogP contribution >= 0.6 is 11.8 Å². The van der Waals surface area contributed by atoms with Gasteiger partial charge in [-0.25, -0.2) is 4.79 Å². The van der Waals surface area contributed by atoms with Crippen LogP contribution in [0.5, 0.6) is 5.75 Å². The summed E-state index contributed by atoms with van der Waals surface area (Å²) in [5, 5.41) is 18.1. The Kier molecular flexibility index (Phi) is 3.35. The maximum Gasteiger partial charge on any atom is 0.335 e. The van der Waals surface area contributed by atoms with Crippen LogP contribution in [-0.4, -0.2) is 16.2 Å². The fourth-order valence-electron chi connectivity index (χ4n) is 1.35. The molecule has 0 saturated carbocycles. The lowest BCUT2D eigenvalue weighted by Gasteiger charge is -2.02. The van der Waals surface area contributed by atoms with Gasteiger partial charge in [-0.2, -0.15) is 0 Å². The number of hydrogen-bond donors (Lipinski definition) is 2. The van der Waals surface area contributed by atoms with Crippen LogP contribution < -0.4 is 0 Å². The Morgan fingerprint density at radius 3 is 2.29 bits per heavy atom. The van der Waals surface area contributed by atoms with Gasteiger partial charge in [0.05, 0.1) is 5.56 Å². The number of carboxylic acids is 1. The number of aromatic carboxylic acids is 1. The molecule has 0 aromatic heterocycles. The average Bonchev–Trinajstić information content (AvgIpc) is 2.29. The minimum atomic E-state index is -0.932. The van der Waals surface area contributed by atoms with Gasteiger partial charge in [0.15, 0.2) is 0 Å². The fourth-order valence-corrected chi connectivity index (χ4v) is 2.22. The van der Waals surface area contributed by atoms with Crippen molar-refractivity contribution in [1.29, 1.82) is 0 Å². The van der Waals surface area contributed by atoms with Gasteiger partial charge in [-0.1, -0.05) is 17.8 Å². The monoisotopic (exact) mass is 246 g/mol. The Hall–Kier alpha value is -1.94. The van der Waals surface area contributed by atoms with E-state index in [0.29, 0.717) is 0 Å².